The Morgan fingerprint density at radius 3 is 2.41 bits per heavy atom. The van der Waals surface area contributed by atoms with E-state index in [9.17, 15) is 9.59 Å². The van der Waals surface area contributed by atoms with E-state index in [4.69, 9.17) is 28.3 Å². The standard InChI is InChI=1S/C19H27Cl2N3O3/c1-19(2,3)17-12(10-23-18(26)27)5-4-6-24(17)16(25)11-22-15-8-13(20)7-14(21)9-15/h7-9,12,17,22-23H,4-6,10-11H2,1-3H3,(H,26,27). The first kappa shape index (κ1) is 21.6. The van der Waals surface area contributed by atoms with Gasteiger partial charge in [0.2, 0.25) is 5.91 Å². The van der Waals surface area contributed by atoms with Crippen molar-refractivity contribution in [2.45, 2.75) is 39.7 Å². The molecule has 2 rings (SSSR count). The summed E-state index contributed by atoms with van der Waals surface area (Å²) in [7, 11) is 0. The van der Waals surface area contributed by atoms with E-state index in [2.05, 4.69) is 31.4 Å². The maximum Gasteiger partial charge on any atom is 0.404 e. The molecule has 0 saturated carbocycles. The summed E-state index contributed by atoms with van der Waals surface area (Å²) in [6, 6.07) is 5.03. The molecule has 1 fully saturated rings. The Balaban J connectivity index is 2.10. The molecule has 0 bridgehead atoms. The van der Waals surface area contributed by atoms with Crippen LogP contribution in [0.5, 0.6) is 0 Å². The Bertz CT molecular complexity index is 671. The van der Waals surface area contributed by atoms with E-state index >= 15 is 0 Å². The van der Waals surface area contributed by atoms with Crippen molar-refractivity contribution < 1.29 is 14.7 Å². The molecule has 0 aliphatic carbocycles. The summed E-state index contributed by atoms with van der Waals surface area (Å²) >= 11 is 12.0. The fourth-order valence-electron chi connectivity index (χ4n) is 3.90. The number of anilines is 1. The number of piperidine rings is 1. The topological polar surface area (TPSA) is 81.7 Å². The van der Waals surface area contributed by atoms with E-state index in [0.717, 1.165) is 12.8 Å². The van der Waals surface area contributed by atoms with Crippen molar-refractivity contribution in [2.75, 3.05) is 25.0 Å². The summed E-state index contributed by atoms with van der Waals surface area (Å²) in [6.45, 7) is 7.40. The molecule has 3 N–H and O–H groups in total. The van der Waals surface area contributed by atoms with Crippen LogP contribution in [0, 0.1) is 11.3 Å². The van der Waals surface area contributed by atoms with Gasteiger partial charge in [-0.3, -0.25) is 4.79 Å². The lowest BCUT2D eigenvalue weighted by Crippen LogP contribution is -2.57. The second-order valence-electron chi connectivity index (χ2n) is 8.00. The molecule has 150 valence electrons. The highest BCUT2D eigenvalue weighted by molar-refractivity contribution is 6.35. The molecule has 2 unspecified atom stereocenters. The number of nitrogens with one attached hydrogen (secondary N) is 2. The highest BCUT2D eigenvalue weighted by Crippen LogP contribution is 2.36. The molecule has 1 aliphatic heterocycles. The van der Waals surface area contributed by atoms with Gasteiger partial charge in [-0.15, -0.1) is 0 Å². The minimum atomic E-state index is -1.04. The summed E-state index contributed by atoms with van der Waals surface area (Å²) in [4.78, 5) is 25.7. The molecule has 1 aromatic carbocycles. The smallest absolute Gasteiger partial charge is 0.404 e. The number of carboxylic acid groups (broad SMARTS) is 1. The van der Waals surface area contributed by atoms with Crippen LogP contribution in [-0.4, -0.2) is 47.7 Å². The number of halogens is 2. The minimum Gasteiger partial charge on any atom is -0.465 e. The van der Waals surface area contributed by atoms with Gasteiger partial charge in [0.1, 0.15) is 0 Å². The average Bonchev–Trinajstić information content (AvgIpc) is 2.55. The Kier molecular flexibility index (Phi) is 7.23. The van der Waals surface area contributed by atoms with Crippen molar-refractivity contribution in [3.8, 4) is 0 Å². The second-order valence-corrected chi connectivity index (χ2v) is 8.87. The normalized spacial score (nSPS) is 20.3. The molecule has 1 heterocycles. The fourth-order valence-corrected chi connectivity index (χ4v) is 4.42. The van der Waals surface area contributed by atoms with Crippen molar-refractivity contribution in [1.29, 1.82) is 0 Å². The zero-order chi connectivity index (χ0) is 20.2. The molecule has 1 aliphatic rings. The Morgan fingerprint density at radius 1 is 1.22 bits per heavy atom. The minimum absolute atomic E-state index is 0.0222. The van der Waals surface area contributed by atoms with Gasteiger partial charge in [-0.2, -0.15) is 0 Å². The molecular formula is C19H27Cl2N3O3. The SMILES string of the molecule is CC(C)(C)C1C(CNC(=O)O)CCCN1C(=O)CNc1cc(Cl)cc(Cl)c1. The van der Waals surface area contributed by atoms with E-state index in [1.54, 1.807) is 18.2 Å². The van der Waals surface area contributed by atoms with Crippen LogP contribution in [0.3, 0.4) is 0 Å². The molecule has 6 nitrogen and oxygen atoms in total. The summed E-state index contributed by atoms with van der Waals surface area (Å²) < 4.78 is 0. The van der Waals surface area contributed by atoms with Crippen LogP contribution in [0.2, 0.25) is 10.0 Å². The van der Waals surface area contributed by atoms with Crippen LogP contribution in [0.25, 0.3) is 0 Å². The second kappa shape index (κ2) is 9.02. The molecule has 2 atom stereocenters. The number of amides is 2. The van der Waals surface area contributed by atoms with Crippen LogP contribution in [-0.2, 0) is 4.79 Å². The van der Waals surface area contributed by atoms with Crippen molar-refractivity contribution >= 4 is 40.9 Å². The Labute approximate surface area is 170 Å². The van der Waals surface area contributed by atoms with Gasteiger partial charge in [-0.25, -0.2) is 4.79 Å². The summed E-state index contributed by atoms with van der Waals surface area (Å²) in [5, 5.41) is 15.5. The van der Waals surface area contributed by atoms with Gasteiger partial charge >= 0.3 is 6.09 Å². The number of nitrogens with zero attached hydrogens (tertiary/aromatic N) is 1. The zero-order valence-electron chi connectivity index (χ0n) is 15.9. The third-order valence-corrected chi connectivity index (χ3v) is 5.22. The Hall–Kier alpha value is -1.66. The van der Waals surface area contributed by atoms with Gasteiger partial charge in [0.05, 0.1) is 6.54 Å². The number of carbonyl (C=O) groups is 2. The lowest BCUT2D eigenvalue weighted by molar-refractivity contribution is -0.138. The molecule has 0 aromatic heterocycles. The number of hydrogen-bond donors (Lipinski definition) is 3. The van der Waals surface area contributed by atoms with Gasteiger partial charge in [-0.1, -0.05) is 44.0 Å². The molecule has 8 heteroatoms. The van der Waals surface area contributed by atoms with Gasteiger partial charge in [0, 0.05) is 34.9 Å². The summed E-state index contributed by atoms with van der Waals surface area (Å²) in [5.41, 5.74) is 0.523. The van der Waals surface area contributed by atoms with Gasteiger partial charge in [-0.05, 0) is 42.4 Å². The molecule has 1 saturated heterocycles. The van der Waals surface area contributed by atoms with Gasteiger partial charge in [0.25, 0.3) is 0 Å². The molecule has 1 aromatic rings. The first-order valence-electron chi connectivity index (χ1n) is 9.04. The van der Waals surface area contributed by atoms with E-state index in [0.29, 0.717) is 28.8 Å². The van der Waals surface area contributed by atoms with Crippen LogP contribution in [0.1, 0.15) is 33.6 Å². The monoisotopic (exact) mass is 415 g/mol. The molecule has 0 radical (unpaired) electrons. The zero-order valence-corrected chi connectivity index (χ0v) is 17.4. The number of benzene rings is 1. The van der Waals surface area contributed by atoms with Crippen molar-refractivity contribution in [3.05, 3.63) is 28.2 Å². The van der Waals surface area contributed by atoms with E-state index in [1.807, 2.05) is 4.90 Å². The highest BCUT2D eigenvalue weighted by atomic mass is 35.5. The maximum absolute atomic E-state index is 12.9. The maximum atomic E-state index is 12.9. The fraction of sp³-hybridized carbons (Fsp3) is 0.579. The quantitative estimate of drug-likeness (QED) is 0.668. The molecule has 0 spiro atoms. The predicted octanol–water partition coefficient (Wildman–Crippen LogP) is 4.33. The van der Waals surface area contributed by atoms with Crippen molar-refractivity contribution in [3.63, 3.8) is 0 Å². The molecule has 27 heavy (non-hydrogen) atoms. The van der Waals surface area contributed by atoms with Gasteiger partial charge in [0.15, 0.2) is 0 Å². The number of hydrogen-bond acceptors (Lipinski definition) is 3. The highest BCUT2D eigenvalue weighted by Gasteiger charge is 2.41. The number of carbonyl (C=O) groups excluding carboxylic acids is 1. The summed E-state index contributed by atoms with van der Waals surface area (Å²) in [5.74, 6) is 0.0606. The van der Waals surface area contributed by atoms with Crippen molar-refractivity contribution in [1.82, 2.24) is 10.2 Å². The molecular weight excluding hydrogens is 389 g/mol. The van der Waals surface area contributed by atoms with Crippen LogP contribution < -0.4 is 10.6 Å². The first-order valence-corrected chi connectivity index (χ1v) is 9.79. The van der Waals surface area contributed by atoms with Gasteiger partial charge < -0.3 is 20.6 Å². The predicted molar refractivity (Wildman–Crippen MR) is 109 cm³/mol. The lowest BCUT2D eigenvalue weighted by atomic mass is 9.74. The summed E-state index contributed by atoms with van der Waals surface area (Å²) in [6.07, 6.45) is 0.710. The van der Waals surface area contributed by atoms with E-state index in [-0.39, 0.29) is 29.8 Å². The lowest BCUT2D eigenvalue weighted by Gasteiger charge is -2.48. The first-order chi connectivity index (χ1) is 12.6. The largest absolute Gasteiger partial charge is 0.465 e. The molecule has 2 amide bonds. The van der Waals surface area contributed by atoms with Crippen molar-refractivity contribution in [2.24, 2.45) is 11.3 Å². The third-order valence-electron chi connectivity index (χ3n) is 4.79. The van der Waals surface area contributed by atoms with Crippen LogP contribution in [0.15, 0.2) is 18.2 Å². The van der Waals surface area contributed by atoms with E-state index < -0.39 is 6.09 Å². The number of rotatable bonds is 5. The van der Waals surface area contributed by atoms with Crippen LogP contribution in [0.4, 0.5) is 10.5 Å². The van der Waals surface area contributed by atoms with E-state index in [1.165, 1.54) is 0 Å². The number of likely N-dealkylation sites (tertiary alicyclic amines) is 1. The average molecular weight is 416 g/mol. The Morgan fingerprint density at radius 2 is 1.85 bits per heavy atom. The third kappa shape index (κ3) is 6.18. The van der Waals surface area contributed by atoms with Crippen LogP contribution >= 0.6 is 23.2 Å².